The van der Waals surface area contributed by atoms with Gasteiger partial charge in [0.05, 0.1) is 11.7 Å². The van der Waals surface area contributed by atoms with Gasteiger partial charge in [-0.25, -0.2) is 8.42 Å². The van der Waals surface area contributed by atoms with Gasteiger partial charge in [0.2, 0.25) is 21.8 Å². The quantitative estimate of drug-likeness (QED) is 0.759. The second-order valence-electron chi connectivity index (χ2n) is 7.04. The molecule has 0 radical (unpaired) electrons. The molecule has 1 saturated heterocycles. The average Bonchev–Trinajstić information content (AvgIpc) is 3.30. The van der Waals surface area contributed by atoms with Crippen molar-refractivity contribution < 1.29 is 18.0 Å². The van der Waals surface area contributed by atoms with E-state index in [1.807, 2.05) is 13.8 Å². The lowest BCUT2D eigenvalue weighted by atomic mass is 9.97. The van der Waals surface area contributed by atoms with Crippen LogP contribution in [0.15, 0.2) is 0 Å². The van der Waals surface area contributed by atoms with E-state index in [0.717, 1.165) is 32.1 Å². The van der Waals surface area contributed by atoms with Gasteiger partial charge in [0, 0.05) is 19.0 Å². The largest absolute Gasteiger partial charge is 0.342 e. The summed E-state index contributed by atoms with van der Waals surface area (Å²) in [5.74, 6) is -0.601. The molecule has 0 spiro atoms. The minimum atomic E-state index is -3.60. The predicted molar refractivity (Wildman–Crippen MR) is 88.0 cm³/mol. The molecular formula is C16H28N2O4S. The van der Waals surface area contributed by atoms with Crippen LogP contribution in [0.25, 0.3) is 0 Å². The molecule has 0 unspecified atom stereocenters. The molecule has 132 valence electrons. The van der Waals surface area contributed by atoms with Crippen molar-refractivity contribution in [1.82, 2.24) is 9.62 Å². The molecule has 23 heavy (non-hydrogen) atoms. The van der Waals surface area contributed by atoms with Gasteiger partial charge >= 0.3 is 0 Å². The number of nitrogens with one attached hydrogen (secondary N) is 1. The first-order chi connectivity index (χ1) is 10.8. The Morgan fingerprint density at radius 2 is 1.91 bits per heavy atom. The van der Waals surface area contributed by atoms with E-state index in [4.69, 9.17) is 0 Å². The standard InChI is InChI=1S/C16H28N2O4S/c1-3-5-12(2)11-23(21,22)17-15(19)14-6-4-9-18(10-14)16(20)13-7-8-13/h12-14H,3-11H2,1-2H3,(H,17,19)/t12-,14+/m0/s1. The molecule has 1 aliphatic carbocycles. The van der Waals surface area contributed by atoms with Crippen molar-refractivity contribution in [2.75, 3.05) is 18.8 Å². The molecule has 6 nitrogen and oxygen atoms in total. The fourth-order valence-corrected chi connectivity index (χ4v) is 4.68. The minimum Gasteiger partial charge on any atom is -0.342 e. The highest BCUT2D eigenvalue weighted by Crippen LogP contribution is 2.32. The van der Waals surface area contributed by atoms with Crippen LogP contribution in [0.4, 0.5) is 0 Å². The van der Waals surface area contributed by atoms with E-state index in [1.165, 1.54) is 0 Å². The van der Waals surface area contributed by atoms with Gasteiger partial charge in [-0.2, -0.15) is 0 Å². The third kappa shape index (κ3) is 5.48. The lowest BCUT2D eigenvalue weighted by Crippen LogP contribution is -2.47. The Balaban J connectivity index is 1.87. The highest BCUT2D eigenvalue weighted by Gasteiger charge is 2.37. The topological polar surface area (TPSA) is 83.6 Å². The van der Waals surface area contributed by atoms with Crippen molar-refractivity contribution in [1.29, 1.82) is 0 Å². The number of hydrogen-bond acceptors (Lipinski definition) is 4. The molecule has 2 amide bonds. The molecule has 2 fully saturated rings. The maximum Gasteiger partial charge on any atom is 0.238 e. The van der Waals surface area contributed by atoms with E-state index in [0.29, 0.717) is 19.5 Å². The number of likely N-dealkylation sites (tertiary alicyclic amines) is 1. The number of carbonyl (C=O) groups excluding carboxylic acids is 2. The van der Waals surface area contributed by atoms with Crippen LogP contribution in [-0.4, -0.2) is 44.0 Å². The summed E-state index contributed by atoms with van der Waals surface area (Å²) in [6, 6.07) is 0. The average molecular weight is 344 g/mol. The van der Waals surface area contributed by atoms with Gasteiger partial charge in [-0.05, 0) is 38.0 Å². The maximum absolute atomic E-state index is 12.3. The first-order valence-corrected chi connectivity index (χ1v) is 10.3. The van der Waals surface area contributed by atoms with Crippen molar-refractivity contribution in [3.05, 3.63) is 0 Å². The van der Waals surface area contributed by atoms with E-state index in [9.17, 15) is 18.0 Å². The van der Waals surface area contributed by atoms with Gasteiger partial charge in [0.15, 0.2) is 0 Å². The zero-order valence-corrected chi connectivity index (χ0v) is 14.9. The summed E-state index contributed by atoms with van der Waals surface area (Å²) < 4.78 is 26.4. The molecule has 0 aromatic heterocycles. The fourth-order valence-electron chi connectivity index (χ4n) is 3.21. The summed E-state index contributed by atoms with van der Waals surface area (Å²) in [5, 5.41) is 0. The molecular weight excluding hydrogens is 316 g/mol. The predicted octanol–water partition coefficient (Wildman–Crippen LogP) is 1.52. The lowest BCUT2D eigenvalue weighted by molar-refractivity contribution is -0.136. The van der Waals surface area contributed by atoms with Crippen LogP contribution in [0.1, 0.15) is 52.4 Å². The summed E-state index contributed by atoms with van der Waals surface area (Å²) in [4.78, 5) is 26.1. The number of rotatable bonds is 7. The highest BCUT2D eigenvalue weighted by atomic mass is 32.2. The number of amides is 2. The van der Waals surface area contributed by atoms with Gasteiger partial charge in [0.1, 0.15) is 0 Å². The first kappa shape index (κ1) is 18.2. The summed E-state index contributed by atoms with van der Waals surface area (Å²) in [6.45, 7) is 4.92. The van der Waals surface area contributed by atoms with Crippen LogP contribution in [0.5, 0.6) is 0 Å². The molecule has 0 aromatic rings. The van der Waals surface area contributed by atoms with E-state index in [1.54, 1.807) is 4.90 Å². The van der Waals surface area contributed by atoms with Crippen molar-refractivity contribution in [3.8, 4) is 0 Å². The fraction of sp³-hybridized carbons (Fsp3) is 0.875. The van der Waals surface area contributed by atoms with Crippen molar-refractivity contribution in [2.24, 2.45) is 17.8 Å². The van der Waals surface area contributed by atoms with Gasteiger partial charge in [-0.1, -0.05) is 20.3 Å². The van der Waals surface area contributed by atoms with Crippen LogP contribution in [0, 0.1) is 17.8 Å². The van der Waals surface area contributed by atoms with E-state index in [-0.39, 0.29) is 23.5 Å². The maximum atomic E-state index is 12.3. The molecule has 1 aliphatic heterocycles. The number of piperidine rings is 1. The Morgan fingerprint density at radius 1 is 1.22 bits per heavy atom. The van der Waals surface area contributed by atoms with Crippen molar-refractivity contribution in [2.45, 2.75) is 52.4 Å². The zero-order chi connectivity index (χ0) is 17.0. The molecule has 1 heterocycles. The van der Waals surface area contributed by atoms with Crippen molar-refractivity contribution >= 4 is 21.8 Å². The van der Waals surface area contributed by atoms with E-state index in [2.05, 4.69) is 4.72 Å². The monoisotopic (exact) mass is 344 g/mol. The second kappa shape index (κ2) is 7.64. The Kier molecular flexibility index (Phi) is 6.06. The number of carbonyl (C=O) groups is 2. The second-order valence-corrected chi connectivity index (χ2v) is 8.81. The van der Waals surface area contributed by atoms with Crippen LogP contribution < -0.4 is 4.72 Å². The molecule has 2 aliphatic rings. The summed E-state index contributed by atoms with van der Waals surface area (Å²) >= 11 is 0. The Labute approximate surface area is 139 Å². The molecule has 0 aromatic carbocycles. The Hall–Kier alpha value is -1.11. The normalized spacial score (nSPS) is 23.4. The van der Waals surface area contributed by atoms with E-state index < -0.39 is 21.8 Å². The molecule has 1 N–H and O–H groups in total. The third-order valence-electron chi connectivity index (χ3n) is 4.57. The lowest BCUT2D eigenvalue weighted by Gasteiger charge is -2.32. The van der Waals surface area contributed by atoms with Crippen LogP contribution in [0.3, 0.4) is 0 Å². The highest BCUT2D eigenvalue weighted by molar-refractivity contribution is 7.90. The van der Waals surface area contributed by atoms with E-state index >= 15 is 0 Å². The zero-order valence-electron chi connectivity index (χ0n) is 14.1. The van der Waals surface area contributed by atoms with Gasteiger partial charge in [0.25, 0.3) is 0 Å². The molecule has 1 saturated carbocycles. The van der Waals surface area contributed by atoms with Crippen LogP contribution in [-0.2, 0) is 19.6 Å². The van der Waals surface area contributed by atoms with Crippen LogP contribution >= 0.6 is 0 Å². The van der Waals surface area contributed by atoms with Gasteiger partial charge in [-0.3, -0.25) is 14.3 Å². The molecule has 7 heteroatoms. The Bertz CT molecular complexity index is 542. The van der Waals surface area contributed by atoms with Crippen molar-refractivity contribution in [3.63, 3.8) is 0 Å². The molecule has 2 rings (SSSR count). The van der Waals surface area contributed by atoms with Gasteiger partial charge < -0.3 is 4.90 Å². The SMILES string of the molecule is CCC[C@H](C)CS(=O)(=O)NC(=O)[C@@H]1CCCN(C(=O)C2CC2)C1. The Morgan fingerprint density at radius 3 is 2.52 bits per heavy atom. The third-order valence-corrected chi connectivity index (χ3v) is 6.09. The minimum absolute atomic E-state index is 0.0238. The first-order valence-electron chi connectivity index (χ1n) is 8.65. The van der Waals surface area contributed by atoms with Gasteiger partial charge in [-0.15, -0.1) is 0 Å². The summed E-state index contributed by atoms with van der Waals surface area (Å²) in [6.07, 6.45) is 5.02. The molecule has 2 atom stereocenters. The number of hydrogen-bond donors (Lipinski definition) is 1. The number of sulfonamides is 1. The smallest absolute Gasteiger partial charge is 0.238 e. The number of nitrogens with zero attached hydrogens (tertiary/aromatic N) is 1. The van der Waals surface area contributed by atoms with Crippen LogP contribution in [0.2, 0.25) is 0 Å². The molecule has 0 bridgehead atoms. The summed E-state index contributed by atoms with van der Waals surface area (Å²) in [5.41, 5.74) is 0. The summed E-state index contributed by atoms with van der Waals surface area (Å²) in [7, 11) is -3.60.